The summed E-state index contributed by atoms with van der Waals surface area (Å²) in [4.78, 5) is 13.7. The van der Waals surface area contributed by atoms with Crippen LogP contribution in [0.1, 0.15) is 12.0 Å². The lowest BCUT2D eigenvalue weighted by molar-refractivity contribution is -0.385. The second-order valence-electron chi connectivity index (χ2n) is 3.34. The highest BCUT2D eigenvalue weighted by molar-refractivity contribution is 7.89. The third-order valence-corrected chi connectivity index (χ3v) is 3.16. The van der Waals surface area contributed by atoms with E-state index in [-0.39, 0.29) is 29.4 Å². The van der Waals surface area contributed by atoms with Gasteiger partial charge in [0.2, 0.25) is 15.2 Å². The van der Waals surface area contributed by atoms with Gasteiger partial charge in [0.05, 0.1) is 10.7 Å². The molecule has 1 aromatic rings. The summed E-state index contributed by atoms with van der Waals surface area (Å²) in [5.41, 5.74) is 0.0576. The van der Waals surface area contributed by atoms with Gasteiger partial charge in [0, 0.05) is 11.8 Å². The molecule has 0 aliphatic heterocycles. The van der Waals surface area contributed by atoms with E-state index in [9.17, 15) is 18.5 Å². The minimum Gasteiger partial charge on any atom is -0.258 e. The first-order valence-electron chi connectivity index (χ1n) is 4.59. The Hall–Kier alpha value is -1.25. The summed E-state index contributed by atoms with van der Waals surface area (Å²) in [7, 11) is -3.56. The van der Waals surface area contributed by atoms with Crippen LogP contribution in [-0.4, -0.2) is 24.1 Å². The average Bonchev–Trinajstić information content (AvgIpc) is 2.14. The summed E-state index contributed by atoms with van der Waals surface area (Å²) in [5.74, 6) is -0.232. The minimum atomic E-state index is -3.56. The second-order valence-corrected chi connectivity index (χ2v) is 5.43. The molecule has 1 rings (SSSR count). The topological polar surface area (TPSA) is 116 Å². The third kappa shape index (κ3) is 4.25. The maximum atomic E-state index is 10.7. The molecule has 0 saturated heterocycles. The van der Waals surface area contributed by atoms with Gasteiger partial charge in [-0.3, -0.25) is 10.1 Å². The lowest BCUT2D eigenvalue weighted by Crippen LogP contribution is -2.16. The number of aryl methyl sites for hydroxylation is 1. The monoisotopic (exact) mass is 279 g/mol. The maximum absolute atomic E-state index is 10.7. The van der Waals surface area contributed by atoms with Gasteiger partial charge in [0.1, 0.15) is 0 Å². The molecule has 0 amide bonds. The van der Waals surface area contributed by atoms with Gasteiger partial charge in [-0.25, -0.2) is 18.5 Å². The lowest BCUT2D eigenvalue weighted by atomic mass is 10.1. The fraction of sp³-hybridized carbons (Fsp3) is 0.375. The number of nitrogens with two attached hydrogens (primary N) is 1. The third-order valence-electron chi connectivity index (χ3n) is 2.02. The molecule has 1 heterocycles. The Labute approximate surface area is 103 Å². The zero-order valence-corrected chi connectivity index (χ0v) is 10.2. The summed E-state index contributed by atoms with van der Waals surface area (Å²) >= 11 is 5.60. The second kappa shape index (κ2) is 5.39. The van der Waals surface area contributed by atoms with Crippen LogP contribution in [0.3, 0.4) is 0 Å². The number of pyridine rings is 1. The summed E-state index contributed by atoms with van der Waals surface area (Å²) < 4.78 is 21.4. The Morgan fingerprint density at radius 1 is 1.53 bits per heavy atom. The van der Waals surface area contributed by atoms with Gasteiger partial charge in [0.15, 0.2) is 0 Å². The highest BCUT2D eigenvalue weighted by Gasteiger charge is 2.19. The van der Waals surface area contributed by atoms with Gasteiger partial charge in [-0.1, -0.05) is 11.6 Å². The first-order chi connectivity index (χ1) is 7.81. The molecule has 0 unspecified atom stereocenters. The smallest absolute Gasteiger partial charge is 0.258 e. The van der Waals surface area contributed by atoms with E-state index < -0.39 is 14.9 Å². The quantitative estimate of drug-likeness (QED) is 0.487. The van der Waals surface area contributed by atoms with E-state index in [0.29, 0.717) is 5.56 Å². The molecular weight excluding hydrogens is 270 g/mol. The molecule has 0 aliphatic rings. The van der Waals surface area contributed by atoms with E-state index in [0.717, 1.165) is 0 Å². The number of primary sulfonamides is 1. The van der Waals surface area contributed by atoms with Crippen LogP contribution in [0.25, 0.3) is 0 Å². The van der Waals surface area contributed by atoms with Gasteiger partial charge in [-0.2, -0.15) is 0 Å². The van der Waals surface area contributed by atoms with Crippen LogP contribution >= 0.6 is 11.6 Å². The molecule has 0 fully saturated rings. The van der Waals surface area contributed by atoms with Crippen LogP contribution in [0.2, 0.25) is 5.15 Å². The Bertz CT molecular complexity index is 532. The van der Waals surface area contributed by atoms with Crippen molar-refractivity contribution in [3.8, 4) is 0 Å². The summed E-state index contributed by atoms with van der Waals surface area (Å²) in [6.07, 6.45) is 1.73. The Morgan fingerprint density at radius 3 is 2.71 bits per heavy atom. The average molecular weight is 280 g/mol. The summed E-state index contributed by atoms with van der Waals surface area (Å²) in [6, 6.07) is 1.44. The molecule has 0 radical (unpaired) electrons. The van der Waals surface area contributed by atoms with E-state index in [2.05, 4.69) is 4.98 Å². The lowest BCUT2D eigenvalue weighted by Gasteiger charge is -2.03. The van der Waals surface area contributed by atoms with Crippen LogP contribution in [0.15, 0.2) is 12.3 Å². The van der Waals surface area contributed by atoms with E-state index >= 15 is 0 Å². The Kier molecular flexibility index (Phi) is 4.38. The van der Waals surface area contributed by atoms with Gasteiger partial charge in [-0.05, 0) is 18.9 Å². The van der Waals surface area contributed by atoms with Crippen molar-refractivity contribution in [1.29, 1.82) is 0 Å². The van der Waals surface area contributed by atoms with E-state index in [4.69, 9.17) is 16.7 Å². The summed E-state index contributed by atoms with van der Waals surface area (Å²) in [5, 5.41) is 15.4. The predicted molar refractivity (Wildman–Crippen MR) is 62.2 cm³/mol. The molecule has 0 saturated carbocycles. The van der Waals surface area contributed by atoms with Crippen molar-refractivity contribution in [3.63, 3.8) is 0 Å². The largest absolute Gasteiger partial charge is 0.309 e. The first-order valence-corrected chi connectivity index (χ1v) is 6.69. The fourth-order valence-electron chi connectivity index (χ4n) is 1.32. The van der Waals surface area contributed by atoms with Crippen LogP contribution in [0, 0.1) is 10.1 Å². The number of aromatic nitrogens is 1. The van der Waals surface area contributed by atoms with Crippen LogP contribution in [-0.2, 0) is 16.4 Å². The van der Waals surface area contributed by atoms with E-state index in [1.165, 1.54) is 12.3 Å². The SMILES string of the molecule is NS(=O)(=O)CCCc1ccnc(Cl)c1[N+](=O)[O-]. The molecule has 17 heavy (non-hydrogen) atoms. The van der Waals surface area contributed by atoms with E-state index in [1.54, 1.807) is 0 Å². The van der Waals surface area contributed by atoms with Crippen molar-refractivity contribution in [2.75, 3.05) is 5.75 Å². The molecule has 1 aromatic heterocycles. The number of hydrogen-bond acceptors (Lipinski definition) is 5. The van der Waals surface area contributed by atoms with Gasteiger partial charge >= 0.3 is 5.69 Å². The minimum absolute atomic E-state index is 0.194. The molecule has 94 valence electrons. The number of nitro groups is 1. The van der Waals surface area contributed by atoms with Crippen molar-refractivity contribution in [1.82, 2.24) is 4.98 Å². The molecule has 0 aliphatic carbocycles. The number of nitrogens with zero attached hydrogens (tertiary/aromatic N) is 2. The van der Waals surface area contributed by atoms with Gasteiger partial charge in [0.25, 0.3) is 0 Å². The van der Waals surface area contributed by atoms with Crippen molar-refractivity contribution in [3.05, 3.63) is 33.1 Å². The normalized spacial score (nSPS) is 11.4. The van der Waals surface area contributed by atoms with Crippen molar-refractivity contribution < 1.29 is 13.3 Å². The fourth-order valence-corrected chi connectivity index (χ4v) is 2.12. The molecule has 0 spiro atoms. The van der Waals surface area contributed by atoms with Crippen molar-refractivity contribution >= 4 is 27.3 Å². The molecular formula is C8H10ClN3O4S. The number of sulfonamides is 1. The van der Waals surface area contributed by atoms with Crippen molar-refractivity contribution in [2.24, 2.45) is 5.14 Å². The molecule has 0 bridgehead atoms. The molecule has 9 heteroatoms. The van der Waals surface area contributed by atoms with Gasteiger partial charge < -0.3 is 0 Å². The Morgan fingerprint density at radius 2 is 2.18 bits per heavy atom. The van der Waals surface area contributed by atoms with Crippen LogP contribution < -0.4 is 5.14 Å². The summed E-state index contributed by atoms with van der Waals surface area (Å²) in [6.45, 7) is 0. The van der Waals surface area contributed by atoms with Crippen LogP contribution in [0.4, 0.5) is 5.69 Å². The zero-order valence-electron chi connectivity index (χ0n) is 8.67. The molecule has 7 nitrogen and oxygen atoms in total. The number of rotatable bonds is 5. The Balaban J connectivity index is 2.85. The predicted octanol–water partition coefficient (Wildman–Crippen LogP) is 0.864. The first kappa shape index (κ1) is 13.8. The van der Waals surface area contributed by atoms with Gasteiger partial charge in [-0.15, -0.1) is 0 Å². The zero-order chi connectivity index (χ0) is 13.1. The molecule has 2 N–H and O–H groups in total. The molecule has 0 atom stereocenters. The van der Waals surface area contributed by atoms with Crippen LogP contribution in [0.5, 0.6) is 0 Å². The number of hydrogen-bond donors (Lipinski definition) is 1. The molecule has 0 aromatic carbocycles. The van der Waals surface area contributed by atoms with Crippen molar-refractivity contribution in [2.45, 2.75) is 12.8 Å². The number of halogens is 1. The van der Waals surface area contributed by atoms with E-state index in [1.807, 2.05) is 0 Å². The standard InChI is InChI=1S/C8H10ClN3O4S/c9-8-7(12(13)14)6(3-4-11-8)2-1-5-17(10,15)16/h3-4H,1-2,5H2,(H2,10,15,16). The maximum Gasteiger partial charge on any atom is 0.309 e. The highest BCUT2D eigenvalue weighted by atomic mass is 35.5. The highest BCUT2D eigenvalue weighted by Crippen LogP contribution is 2.26.